The predicted octanol–water partition coefficient (Wildman–Crippen LogP) is 4.48. The molecule has 1 aliphatic rings. The number of hydrogen-bond acceptors (Lipinski definition) is 4. The molecule has 134 valence electrons. The fraction of sp³-hybridized carbons (Fsp3) is 0.100. The number of amides is 1. The minimum absolute atomic E-state index is 0.0357. The Hall–Kier alpha value is -3.25. The number of nitrogens with zero attached hydrogens (tertiary/aromatic N) is 3. The molecule has 0 N–H and O–H groups in total. The van der Waals surface area contributed by atoms with E-state index in [0.29, 0.717) is 34.9 Å². The third kappa shape index (κ3) is 3.04. The molecule has 1 heterocycles. The van der Waals surface area contributed by atoms with Crippen molar-refractivity contribution >= 4 is 45.9 Å². The number of carbonyl (C=O) groups excluding carboxylic acids is 1. The lowest BCUT2D eigenvalue weighted by Gasteiger charge is -2.23. The van der Waals surface area contributed by atoms with Gasteiger partial charge in [0.25, 0.3) is 11.6 Å². The molecule has 0 fully saturated rings. The summed E-state index contributed by atoms with van der Waals surface area (Å²) in [4.78, 5) is 29.8. The fourth-order valence-electron chi connectivity index (χ4n) is 3.26. The van der Waals surface area contributed by atoms with Gasteiger partial charge in [0.1, 0.15) is 0 Å². The van der Waals surface area contributed by atoms with Crippen LogP contribution in [0.4, 0.5) is 11.4 Å². The standard InChI is InChI=1S/C20H14ClN3O3/c21-18-6-2-3-15-16(18)4-1-5-17(15)20(25)23-10-9-22-12-13-11-14(24(26)27)7-8-19(13)23/h1-8,11-12H,9-10H2. The number of non-ortho nitro benzene ring substituents is 1. The Bertz CT molecular complexity index is 1110. The first-order valence-corrected chi connectivity index (χ1v) is 8.71. The lowest BCUT2D eigenvalue weighted by Crippen LogP contribution is -2.33. The van der Waals surface area contributed by atoms with Gasteiger partial charge in [0.05, 0.1) is 17.2 Å². The summed E-state index contributed by atoms with van der Waals surface area (Å²) in [6.45, 7) is 0.802. The number of rotatable bonds is 2. The second-order valence-electron chi connectivity index (χ2n) is 6.13. The van der Waals surface area contributed by atoms with Gasteiger partial charge in [0.2, 0.25) is 0 Å². The van der Waals surface area contributed by atoms with E-state index >= 15 is 0 Å². The Labute approximate surface area is 159 Å². The first-order chi connectivity index (χ1) is 13.1. The number of benzodiazepines with no additional fused rings is 1. The molecule has 27 heavy (non-hydrogen) atoms. The molecular formula is C20H14ClN3O3. The van der Waals surface area contributed by atoms with Crippen LogP contribution in [0.3, 0.4) is 0 Å². The van der Waals surface area contributed by atoms with Crippen LogP contribution in [0.15, 0.2) is 59.6 Å². The number of aliphatic imine (C=N–C) groups is 1. The monoisotopic (exact) mass is 379 g/mol. The minimum atomic E-state index is -0.460. The van der Waals surface area contributed by atoms with E-state index in [1.165, 1.54) is 12.1 Å². The van der Waals surface area contributed by atoms with Gasteiger partial charge in [-0.25, -0.2) is 0 Å². The van der Waals surface area contributed by atoms with Crippen molar-refractivity contribution in [3.8, 4) is 0 Å². The number of anilines is 1. The van der Waals surface area contributed by atoms with Gasteiger partial charge >= 0.3 is 0 Å². The third-order valence-corrected chi connectivity index (χ3v) is 4.87. The topological polar surface area (TPSA) is 75.8 Å². The van der Waals surface area contributed by atoms with Crippen LogP contribution in [0.5, 0.6) is 0 Å². The van der Waals surface area contributed by atoms with Crippen LogP contribution >= 0.6 is 11.6 Å². The zero-order valence-corrected chi connectivity index (χ0v) is 14.9. The molecule has 0 bridgehead atoms. The summed E-state index contributed by atoms with van der Waals surface area (Å²) in [5, 5.41) is 13.2. The lowest BCUT2D eigenvalue weighted by molar-refractivity contribution is -0.384. The van der Waals surface area contributed by atoms with E-state index in [1.807, 2.05) is 18.2 Å². The summed E-state index contributed by atoms with van der Waals surface area (Å²) >= 11 is 6.26. The molecule has 4 rings (SSSR count). The van der Waals surface area contributed by atoms with Crippen LogP contribution in [0.25, 0.3) is 10.8 Å². The molecule has 0 radical (unpaired) electrons. The normalized spacial score (nSPS) is 13.3. The number of fused-ring (bicyclic) bond motifs is 2. The highest BCUT2D eigenvalue weighted by Gasteiger charge is 2.24. The SMILES string of the molecule is O=C(c1cccc2c(Cl)cccc12)N1CCN=Cc2cc([N+](=O)[O-])ccc21. The van der Waals surface area contributed by atoms with Gasteiger partial charge in [-0.15, -0.1) is 0 Å². The van der Waals surface area contributed by atoms with Crippen molar-refractivity contribution in [2.75, 3.05) is 18.0 Å². The van der Waals surface area contributed by atoms with E-state index in [9.17, 15) is 14.9 Å². The van der Waals surface area contributed by atoms with Crippen molar-refractivity contribution in [2.45, 2.75) is 0 Å². The maximum Gasteiger partial charge on any atom is 0.270 e. The van der Waals surface area contributed by atoms with Gasteiger partial charge in [0.15, 0.2) is 0 Å². The molecule has 6 nitrogen and oxygen atoms in total. The zero-order valence-electron chi connectivity index (χ0n) is 14.1. The molecule has 0 aromatic heterocycles. The summed E-state index contributed by atoms with van der Waals surface area (Å²) in [5.74, 6) is -0.191. The lowest BCUT2D eigenvalue weighted by atomic mass is 10.0. The van der Waals surface area contributed by atoms with E-state index in [-0.39, 0.29) is 11.6 Å². The van der Waals surface area contributed by atoms with Crippen LogP contribution in [0, 0.1) is 10.1 Å². The van der Waals surface area contributed by atoms with Crippen LogP contribution < -0.4 is 4.90 Å². The maximum atomic E-state index is 13.4. The van der Waals surface area contributed by atoms with Gasteiger partial charge < -0.3 is 4.90 Å². The summed E-state index contributed by atoms with van der Waals surface area (Å²) in [7, 11) is 0. The van der Waals surface area contributed by atoms with Gasteiger partial charge in [-0.2, -0.15) is 0 Å². The van der Waals surface area contributed by atoms with Gasteiger partial charge in [-0.1, -0.05) is 35.9 Å². The van der Waals surface area contributed by atoms with E-state index in [2.05, 4.69) is 4.99 Å². The Morgan fingerprint density at radius 3 is 2.70 bits per heavy atom. The number of benzene rings is 3. The van der Waals surface area contributed by atoms with Crippen molar-refractivity contribution in [1.82, 2.24) is 0 Å². The number of nitro benzene ring substituents is 1. The molecular weight excluding hydrogens is 366 g/mol. The second kappa shape index (κ2) is 6.81. The summed E-state index contributed by atoms with van der Waals surface area (Å²) < 4.78 is 0. The largest absolute Gasteiger partial charge is 0.306 e. The molecule has 0 spiro atoms. The quantitative estimate of drug-likeness (QED) is 0.486. The van der Waals surface area contributed by atoms with Crippen molar-refractivity contribution in [3.05, 3.63) is 80.9 Å². The molecule has 0 aliphatic carbocycles. The van der Waals surface area contributed by atoms with E-state index in [1.54, 1.807) is 35.4 Å². The molecule has 0 saturated heterocycles. The van der Waals surface area contributed by atoms with Gasteiger partial charge in [-0.3, -0.25) is 19.9 Å². The molecule has 1 amide bonds. The van der Waals surface area contributed by atoms with E-state index in [4.69, 9.17) is 11.6 Å². The van der Waals surface area contributed by atoms with Gasteiger partial charge in [-0.05, 0) is 23.6 Å². The summed E-state index contributed by atoms with van der Waals surface area (Å²) in [5.41, 5.74) is 1.65. The first kappa shape index (κ1) is 17.2. The highest BCUT2D eigenvalue weighted by molar-refractivity contribution is 6.36. The van der Waals surface area contributed by atoms with Crippen LogP contribution in [-0.2, 0) is 0 Å². The molecule has 3 aromatic carbocycles. The van der Waals surface area contributed by atoms with Crippen LogP contribution in [-0.4, -0.2) is 30.1 Å². The van der Waals surface area contributed by atoms with Crippen LogP contribution in [0.2, 0.25) is 5.02 Å². The van der Waals surface area contributed by atoms with Crippen molar-refractivity contribution in [3.63, 3.8) is 0 Å². The minimum Gasteiger partial charge on any atom is -0.306 e. The first-order valence-electron chi connectivity index (χ1n) is 8.33. The molecule has 1 aliphatic heterocycles. The molecule has 0 saturated carbocycles. The summed E-state index contributed by atoms with van der Waals surface area (Å²) in [6, 6.07) is 15.3. The smallest absolute Gasteiger partial charge is 0.270 e. The second-order valence-corrected chi connectivity index (χ2v) is 6.54. The Kier molecular flexibility index (Phi) is 4.33. The number of hydrogen-bond donors (Lipinski definition) is 0. The average molecular weight is 380 g/mol. The maximum absolute atomic E-state index is 13.4. The fourth-order valence-corrected chi connectivity index (χ4v) is 3.50. The highest BCUT2D eigenvalue weighted by atomic mass is 35.5. The Morgan fingerprint density at radius 1 is 1.11 bits per heavy atom. The molecule has 0 atom stereocenters. The summed E-state index contributed by atoms with van der Waals surface area (Å²) in [6.07, 6.45) is 1.58. The van der Waals surface area contributed by atoms with Crippen molar-refractivity contribution in [1.29, 1.82) is 0 Å². The number of nitro groups is 1. The van der Waals surface area contributed by atoms with Crippen molar-refractivity contribution < 1.29 is 9.72 Å². The van der Waals surface area contributed by atoms with Crippen molar-refractivity contribution in [2.24, 2.45) is 4.99 Å². The molecule has 7 heteroatoms. The Morgan fingerprint density at radius 2 is 1.89 bits per heavy atom. The van der Waals surface area contributed by atoms with Crippen LogP contribution in [0.1, 0.15) is 15.9 Å². The van der Waals surface area contributed by atoms with E-state index in [0.717, 1.165) is 10.8 Å². The predicted molar refractivity (Wildman–Crippen MR) is 106 cm³/mol. The number of halogens is 1. The molecule has 0 unspecified atom stereocenters. The number of carbonyl (C=O) groups is 1. The van der Waals surface area contributed by atoms with E-state index < -0.39 is 4.92 Å². The average Bonchev–Trinajstić information content (AvgIpc) is 2.89. The van der Waals surface area contributed by atoms with Gasteiger partial charge in [0, 0.05) is 46.4 Å². The Balaban J connectivity index is 1.83. The zero-order chi connectivity index (χ0) is 19.0. The molecule has 3 aromatic rings. The highest BCUT2D eigenvalue weighted by Crippen LogP contribution is 2.30. The third-order valence-electron chi connectivity index (χ3n) is 4.54.